The van der Waals surface area contributed by atoms with Crippen molar-refractivity contribution in [2.24, 2.45) is 0 Å². The lowest BCUT2D eigenvalue weighted by Gasteiger charge is -2.30. The first-order valence-corrected chi connectivity index (χ1v) is 10.6. The highest BCUT2D eigenvalue weighted by Gasteiger charge is 2.25. The SMILES string of the molecule is Cc1cc(C)c(C2=CC(Cl)=CCc3c2nc(C)nc3N2CCCCC2)c(C)c1. The average molecular weight is 394 g/mol. The summed E-state index contributed by atoms with van der Waals surface area (Å²) in [6, 6.07) is 4.48. The van der Waals surface area contributed by atoms with Crippen molar-refractivity contribution < 1.29 is 0 Å². The van der Waals surface area contributed by atoms with Crippen LogP contribution in [0.5, 0.6) is 0 Å². The molecule has 28 heavy (non-hydrogen) atoms. The van der Waals surface area contributed by atoms with Gasteiger partial charge in [0.1, 0.15) is 11.6 Å². The molecule has 4 rings (SSSR count). The highest BCUT2D eigenvalue weighted by molar-refractivity contribution is 6.32. The van der Waals surface area contributed by atoms with E-state index in [1.807, 2.05) is 6.92 Å². The summed E-state index contributed by atoms with van der Waals surface area (Å²) in [7, 11) is 0. The molecule has 0 radical (unpaired) electrons. The van der Waals surface area contributed by atoms with Crippen LogP contribution in [0.15, 0.2) is 29.3 Å². The summed E-state index contributed by atoms with van der Waals surface area (Å²) in [6.07, 6.45) is 8.72. The lowest BCUT2D eigenvalue weighted by atomic mass is 9.90. The smallest absolute Gasteiger partial charge is 0.136 e. The molecule has 1 aromatic heterocycles. The third kappa shape index (κ3) is 3.60. The van der Waals surface area contributed by atoms with Crippen LogP contribution >= 0.6 is 11.6 Å². The molecular formula is C24H28ClN3. The largest absolute Gasteiger partial charge is 0.356 e. The Balaban J connectivity index is 1.94. The normalized spacial score (nSPS) is 17.0. The van der Waals surface area contributed by atoms with Gasteiger partial charge in [0.05, 0.1) is 5.69 Å². The molecule has 0 saturated carbocycles. The molecule has 1 saturated heterocycles. The van der Waals surface area contributed by atoms with Crippen LogP contribution in [0.1, 0.15) is 58.6 Å². The number of aryl methyl sites for hydroxylation is 4. The number of hydrogen-bond acceptors (Lipinski definition) is 3. The van der Waals surface area contributed by atoms with Gasteiger partial charge in [0.2, 0.25) is 0 Å². The van der Waals surface area contributed by atoms with Crippen LogP contribution in [0.2, 0.25) is 0 Å². The van der Waals surface area contributed by atoms with Crippen LogP contribution in [0.25, 0.3) is 5.57 Å². The average Bonchev–Trinajstić information content (AvgIpc) is 2.80. The fourth-order valence-corrected chi connectivity index (χ4v) is 4.81. The number of allylic oxidation sites excluding steroid dienone is 3. The monoisotopic (exact) mass is 393 g/mol. The molecule has 1 aromatic carbocycles. The molecule has 0 atom stereocenters. The van der Waals surface area contributed by atoms with Crippen molar-refractivity contribution in [3.8, 4) is 0 Å². The second-order valence-corrected chi connectivity index (χ2v) is 8.53. The van der Waals surface area contributed by atoms with Crippen molar-refractivity contribution in [1.29, 1.82) is 0 Å². The molecule has 0 spiro atoms. The Bertz CT molecular complexity index is 959. The molecular weight excluding hydrogens is 366 g/mol. The molecule has 0 N–H and O–H groups in total. The van der Waals surface area contributed by atoms with Gasteiger partial charge in [-0.1, -0.05) is 35.4 Å². The van der Waals surface area contributed by atoms with Gasteiger partial charge in [-0.3, -0.25) is 0 Å². The molecule has 4 heteroatoms. The Morgan fingerprint density at radius 2 is 1.61 bits per heavy atom. The van der Waals surface area contributed by atoms with E-state index in [-0.39, 0.29) is 0 Å². The summed E-state index contributed by atoms with van der Waals surface area (Å²) in [5, 5.41) is 0.773. The predicted molar refractivity (Wildman–Crippen MR) is 118 cm³/mol. The van der Waals surface area contributed by atoms with Crippen molar-refractivity contribution in [2.45, 2.75) is 53.4 Å². The topological polar surface area (TPSA) is 29.0 Å². The number of fused-ring (bicyclic) bond motifs is 1. The third-order valence-corrected chi connectivity index (χ3v) is 6.00. The van der Waals surface area contributed by atoms with E-state index in [0.717, 1.165) is 47.5 Å². The number of halogens is 1. The van der Waals surface area contributed by atoms with E-state index < -0.39 is 0 Å². The summed E-state index contributed by atoms with van der Waals surface area (Å²) in [5.74, 6) is 1.92. The van der Waals surface area contributed by atoms with Crippen LogP contribution in [0.3, 0.4) is 0 Å². The second kappa shape index (κ2) is 7.71. The first kappa shape index (κ1) is 19.2. The van der Waals surface area contributed by atoms with E-state index in [0.29, 0.717) is 0 Å². The Morgan fingerprint density at radius 3 is 2.29 bits per heavy atom. The molecule has 3 nitrogen and oxygen atoms in total. The molecule has 146 valence electrons. The summed E-state index contributed by atoms with van der Waals surface area (Å²) in [6.45, 7) is 10.6. The first-order chi connectivity index (χ1) is 13.4. The number of nitrogens with zero attached hydrogens (tertiary/aromatic N) is 3. The lowest BCUT2D eigenvalue weighted by molar-refractivity contribution is 0.570. The minimum atomic E-state index is 0.768. The van der Waals surface area contributed by atoms with Crippen molar-refractivity contribution in [2.75, 3.05) is 18.0 Å². The first-order valence-electron chi connectivity index (χ1n) is 10.2. The van der Waals surface area contributed by atoms with Crippen LogP contribution in [-0.2, 0) is 6.42 Å². The molecule has 0 amide bonds. The van der Waals surface area contributed by atoms with Gasteiger partial charge in [0.15, 0.2) is 0 Å². The zero-order valence-electron chi connectivity index (χ0n) is 17.3. The van der Waals surface area contributed by atoms with Gasteiger partial charge in [-0.25, -0.2) is 9.97 Å². The van der Waals surface area contributed by atoms with Crippen molar-refractivity contribution in [1.82, 2.24) is 9.97 Å². The van der Waals surface area contributed by atoms with Gasteiger partial charge in [-0.05, 0) is 76.1 Å². The summed E-state index contributed by atoms with van der Waals surface area (Å²) in [4.78, 5) is 12.2. The molecule has 1 aliphatic heterocycles. The standard InChI is InChI=1S/C24H28ClN3/c1-15-12-16(2)22(17(3)13-15)21-14-19(25)8-9-20-23(21)26-18(4)27-24(20)28-10-6-5-7-11-28/h8,12-14H,5-7,9-11H2,1-4H3. The predicted octanol–water partition coefficient (Wildman–Crippen LogP) is 5.81. The zero-order chi connectivity index (χ0) is 19.8. The van der Waals surface area contributed by atoms with Crippen molar-refractivity contribution >= 4 is 23.0 Å². The van der Waals surface area contributed by atoms with Gasteiger partial charge in [0, 0.05) is 29.3 Å². The van der Waals surface area contributed by atoms with Gasteiger partial charge >= 0.3 is 0 Å². The Morgan fingerprint density at radius 1 is 0.929 bits per heavy atom. The summed E-state index contributed by atoms with van der Waals surface area (Å²) in [5.41, 5.74) is 8.40. The highest BCUT2D eigenvalue weighted by atomic mass is 35.5. The van der Waals surface area contributed by atoms with Gasteiger partial charge in [-0.15, -0.1) is 0 Å². The minimum absolute atomic E-state index is 0.768. The number of piperidine rings is 1. The maximum Gasteiger partial charge on any atom is 0.136 e. The Labute approximate surface area is 173 Å². The van der Waals surface area contributed by atoms with E-state index in [9.17, 15) is 0 Å². The van der Waals surface area contributed by atoms with E-state index in [4.69, 9.17) is 21.6 Å². The lowest BCUT2D eigenvalue weighted by Crippen LogP contribution is -2.31. The quantitative estimate of drug-likeness (QED) is 0.644. The van der Waals surface area contributed by atoms with Crippen LogP contribution in [0.4, 0.5) is 5.82 Å². The summed E-state index contributed by atoms with van der Waals surface area (Å²) < 4.78 is 0. The molecule has 2 aliphatic rings. The van der Waals surface area contributed by atoms with E-state index in [1.54, 1.807) is 0 Å². The molecule has 0 unspecified atom stereocenters. The Kier molecular flexibility index (Phi) is 5.29. The molecule has 0 bridgehead atoms. The number of anilines is 1. The maximum absolute atomic E-state index is 6.59. The minimum Gasteiger partial charge on any atom is -0.356 e. The number of aromatic nitrogens is 2. The molecule has 1 fully saturated rings. The van der Waals surface area contributed by atoms with Crippen LogP contribution < -0.4 is 4.90 Å². The third-order valence-electron chi connectivity index (χ3n) is 5.74. The molecule has 1 aliphatic carbocycles. The number of benzene rings is 1. The fourth-order valence-electron chi connectivity index (χ4n) is 4.62. The second-order valence-electron chi connectivity index (χ2n) is 8.09. The van der Waals surface area contributed by atoms with Crippen LogP contribution in [0, 0.1) is 27.7 Å². The van der Waals surface area contributed by atoms with E-state index in [1.165, 1.54) is 47.1 Å². The van der Waals surface area contributed by atoms with E-state index >= 15 is 0 Å². The maximum atomic E-state index is 6.59. The molecule has 2 heterocycles. The van der Waals surface area contributed by atoms with Crippen molar-refractivity contribution in [3.63, 3.8) is 0 Å². The van der Waals surface area contributed by atoms with E-state index in [2.05, 4.69) is 50.0 Å². The summed E-state index contributed by atoms with van der Waals surface area (Å²) >= 11 is 6.59. The van der Waals surface area contributed by atoms with Gasteiger partial charge in [0.25, 0.3) is 0 Å². The van der Waals surface area contributed by atoms with Gasteiger partial charge in [-0.2, -0.15) is 0 Å². The van der Waals surface area contributed by atoms with Crippen molar-refractivity contribution in [3.05, 3.63) is 68.7 Å². The highest BCUT2D eigenvalue weighted by Crippen LogP contribution is 2.37. The zero-order valence-corrected chi connectivity index (χ0v) is 18.0. The Hall–Kier alpha value is -2.13. The van der Waals surface area contributed by atoms with Crippen LogP contribution in [-0.4, -0.2) is 23.1 Å². The molecule has 2 aromatic rings. The number of rotatable bonds is 2. The van der Waals surface area contributed by atoms with Gasteiger partial charge < -0.3 is 4.90 Å². The fraction of sp³-hybridized carbons (Fsp3) is 0.417. The number of hydrogen-bond donors (Lipinski definition) is 0.